The summed E-state index contributed by atoms with van der Waals surface area (Å²) in [6.07, 6.45) is 34.1. The molecule has 0 aliphatic heterocycles. The fourth-order valence-electron chi connectivity index (χ4n) is 5.46. The smallest absolute Gasteiger partial charge is 0.306 e. The summed E-state index contributed by atoms with van der Waals surface area (Å²) in [6, 6.07) is 0. The highest BCUT2D eigenvalue weighted by atomic mass is 16.4. The molecule has 0 aromatic rings. The third-order valence-electron chi connectivity index (χ3n) is 8.02. The lowest BCUT2D eigenvalue weighted by atomic mass is 9.94. The number of carboxylic acid groups (broad SMARTS) is 1. The van der Waals surface area contributed by atoms with Gasteiger partial charge in [0, 0.05) is 0 Å². The highest BCUT2D eigenvalue weighted by Crippen LogP contribution is 2.20. The van der Waals surface area contributed by atoms with Crippen LogP contribution >= 0.6 is 0 Å². The first kappa shape index (κ1) is 35.5. The van der Waals surface area contributed by atoms with Crippen LogP contribution in [0.25, 0.3) is 0 Å². The van der Waals surface area contributed by atoms with Crippen molar-refractivity contribution in [1.82, 2.24) is 0 Å². The first-order valence-electron chi connectivity index (χ1n) is 16.7. The van der Waals surface area contributed by atoms with E-state index in [1.165, 1.54) is 141 Å². The molecule has 0 heterocycles. The van der Waals surface area contributed by atoms with Crippen LogP contribution in [0.1, 0.15) is 195 Å². The van der Waals surface area contributed by atoms with Crippen LogP contribution in [0.4, 0.5) is 0 Å². The molecule has 0 radical (unpaired) electrons. The number of hydrogen-bond donors (Lipinski definition) is 1. The Hall–Kier alpha value is -0.530. The van der Waals surface area contributed by atoms with Crippen molar-refractivity contribution in [2.45, 2.75) is 195 Å². The molecule has 1 N–H and O–H groups in total. The molecule has 216 valence electrons. The Kier molecular flexibility index (Phi) is 27.1. The molecule has 0 aliphatic carbocycles. The highest BCUT2D eigenvalue weighted by Gasteiger charge is 2.16. The number of unbranched alkanes of at least 4 members (excludes halogenated alkanes) is 20. The van der Waals surface area contributed by atoms with E-state index >= 15 is 0 Å². The molecule has 0 rings (SSSR count). The van der Waals surface area contributed by atoms with E-state index < -0.39 is 5.97 Å². The van der Waals surface area contributed by atoms with E-state index in [2.05, 4.69) is 27.7 Å². The van der Waals surface area contributed by atoms with Gasteiger partial charge >= 0.3 is 5.97 Å². The van der Waals surface area contributed by atoms with Gasteiger partial charge in [-0.05, 0) is 24.7 Å². The fourth-order valence-corrected chi connectivity index (χ4v) is 5.46. The quantitative estimate of drug-likeness (QED) is 0.102. The minimum Gasteiger partial charge on any atom is -0.481 e. The first-order valence-corrected chi connectivity index (χ1v) is 16.7. The van der Waals surface area contributed by atoms with Crippen LogP contribution in [-0.4, -0.2) is 11.1 Å². The molecule has 0 aromatic heterocycles. The van der Waals surface area contributed by atoms with Gasteiger partial charge in [-0.3, -0.25) is 4.79 Å². The average Bonchev–Trinajstić information content (AvgIpc) is 2.82. The molecular formula is C34H68O2. The molecule has 0 bridgehead atoms. The van der Waals surface area contributed by atoms with Gasteiger partial charge in [0.25, 0.3) is 0 Å². The summed E-state index contributed by atoms with van der Waals surface area (Å²) in [5.41, 5.74) is 0. The molecule has 0 unspecified atom stereocenters. The van der Waals surface area contributed by atoms with Gasteiger partial charge in [-0.15, -0.1) is 0 Å². The maximum atomic E-state index is 11.6. The van der Waals surface area contributed by atoms with E-state index in [9.17, 15) is 9.90 Å². The topological polar surface area (TPSA) is 37.3 Å². The molecule has 0 aromatic carbocycles. The van der Waals surface area contributed by atoms with Crippen molar-refractivity contribution in [2.75, 3.05) is 0 Å². The summed E-state index contributed by atoms with van der Waals surface area (Å²) < 4.78 is 0. The van der Waals surface area contributed by atoms with Crippen molar-refractivity contribution in [1.29, 1.82) is 0 Å². The first-order chi connectivity index (χ1) is 17.4. The molecule has 0 spiro atoms. The molecule has 0 atom stereocenters. The Morgan fingerprint density at radius 2 is 0.583 bits per heavy atom. The molecule has 2 heteroatoms. The second kappa shape index (κ2) is 27.5. The summed E-state index contributed by atoms with van der Waals surface area (Å²) >= 11 is 0. The van der Waals surface area contributed by atoms with Gasteiger partial charge in [-0.1, -0.05) is 182 Å². The largest absolute Gasteiger partial charge is 0.481 e. The Bertz CT molecular complexity index is 408. The normalized spacial score (nSPS) is 11.9. The van der Waals surface area contributed by atoms with Crippen LogP contribution in [0.15, 0.2) is 0 Å². The van der Waals surface area contributed by atoms with Crippen LogP contribution in [0.2, 0.25) is 0 Å². The van der Waals surface area contributed by atoms with Crippen molar-refractivity contribution in [2.24, 2.45) is 17.8 Å². The van der Waals surface area contributed by atoms with Crippen LogP contribution in [0.3, 0.4) is 0 Å². The molecule has 36 heavy (non-hydrogen) atoms. The standard InChI is InChI=1S/C34H68O2/c1-31(2)27-23-19-15-11-7-5-9-13-17-21-25-29-33(34(35)36)30-26-22-18-14-10-6-8-12-16-20-24-28-32(3)4/h31-33H,5-30H2,1-4H3,(H,35,36). The fraction of sp³-hybridized carbons (Fsp3) is 0.971. The summed E-state index contributed by atoms with van der Waals surface area (Å²) in [4.78, 5) is 11.6. The summed E-state index contributed by atoms with van der Waals surface area (Å²) in [5.74, 6) is 1.06. The van der Waals surface area contributed by atoms with E-state index in [-0.39, 0.29) is 5.92 Å². The second-order valence-corrected chi connectivity index (χ2v) is 12.8. The Balaban J connectivity index is 3.42. The number of carbonyl (C=O) groups is 1. The molecule has 0 saturated carbocycles. The lowest BCUT2D eigenvalue weighted by molar-refractivity contribution is -0.142. The number of carboxylic acids is 1. The van der Waals surface area contributed by atoms with Crippen LogP contribution in [0.5, 0.6) is 0 Å². The van der Waals surface area contributed by atoms with Gasteiger partial charge in [-0.2, -0.15) is 0 Å². The number of aliphatic carboxylic acids is 1. The summed E-state index contributed by atoms with van der Waals surface area (Å²) in [5, 5.41) is 9.58. The zero-order valence-corrected chi connectivity index (χ0v) is 25.5. The maximum Gasteiger partial charge on any atom is 0.306 e. The van der Waals surface area contributed by atoms with Gasteiger partial charge in [0.2, 0.25) is 0 Å². The lowest BCUT2D eigenvalue weighted by Gasteiger charge is -2.12. The highest BCUT2D eigenvalue weighted by molar-refractivity contribution is 5.69. The predicted octanol–water partition coefficient (Wildman–Crippen LogP) is 12.1. The van der Waals surface area contributed by atoms with Crippen molar-refractivity contribution in [3.63, 3.8) is 0 Å². The Labute approximate surface area is 228 Å². The van der Waals surface area contributed by atoms with Crippen molar-refractivity contribution in [3.8, 4) is 0 Å². The molecule has 0 aliphatic rings. The zero-order chi connectivity index (χ0) is 26.7. The Morgan fingerprint density at radius 3 is 0.778 bits per heavy atom. The van der Waals surface area contributed by atoms with Crippen molar-refractivity contribution < 1.29 is 9.90 Å². The Morgan fingerprint density at radius 1 is 0.389 bits per heavy atom. The zero-order valence-electron chi connectivity index (χ0n) is 25.5. The maximum absolute atomic E-state index is 11.6. The number of rotatable bonds is 29. The molecule has 2 nitrogen and oxygen atoms in total. The molecule has 0 fully saturated rings. The molecular weight excluding hydrogens is 440 g/mol. The van der Waals surface area contributed by atoms with Gasteiger partial charge in [0.15, 0.2) is 0 Å². The van der Waals surface area contributed by atoms with Crippen LogP contribution < -0.4 is 0 Å². The molecule has 0 saturated heterocycles. The van der Waals surface area contributed by atoms with Crippen molar-refractivity contribution in [3.05, 3.63) is 0 Å². The summed E-state index contributed by atoms with van der Waals surface area (Å²) in [6.45, 7) is 9.29. The van der Waals surface area contributed by atoms with Gasteiger partial charge in [-0.25, -0.2) is 0 Å². The lowest BCUT2D eigenvalue weighted by Crippen LogP contribution is -2.13. The van der Waals surface area contributed by atoms with E-state index in [1.54, 1.807) is 0 Å². The van der Waals surface area contributed by atoms with E-state index in [0.29, 0.717) is 0 Å². The SMILES string of the molecule is CC(C)CCCCCCCCCCCCCC(CCCCCCCCCCCCCC(C)C)C(=O)O. The average molecular weight is 509 g/mol. The third-order valence-corrected chi connectivity index (χ3v) is 8.02. The summed E-state index contributed by atoms with van der Waals surface area (Å²) in [7, 11) is 0. The van der Waals surface area contributed by atoms with E-state index in [1.807, 2.05) is 0 Å². The van der Waals surface area contributed by atoms with Crippen LogP contribution in [-0.2, 0) is 4.79 Å². The van der Waals surface area contributed by atoms with E-state index in [0.717, 1.165) is 37.5 Å². The van der Waals surface area contributed by atoms with E-state index in [4.69, 9.17) is 0 Å². The third kappa shape index (κ3) is 28.0. The number of hydrogen-bond acceptors (Lipinski definition) is 1. The minimum atomic E-state index is -0.559. The van der Waals surface area contributed by atoms with Gasteiger partial charge < -0.3 is 5.11 Å². The van der Waals surface area contributed by atoms with Crippen LogP contribution in [0, 0.1) is 17.8 Å². The predicted molar refractivity (Wildman–Crippen MR) is 161 cm³/mol. The second-order valence-electron chi connectivity index (χ2n) is 12.8. The van der Waals surface area contributed by atoms with Crippen molar-refractivity contribution >= 4 is 5.97 Å². The van der Waals surface area contributed by atoms with Gasteiger partial charge in [0.05, 0.1) is 5.92 Å². The minimum absolute atomic E-state index is 0.101. The van der Waals surface area contributed by atoms with Gasteiger partial charge in [0.1, 0.15) is 0 Å². The monoisotopic (exact) mass is 509 g/mol. The molecule has 0 amide bonds.